The largest absolute Gasteiger partial charge is 0.497 e. The summed E-state index contributed by atoms with van der Waals surface area (Å²) >= 11 is 0. The van der Waals surface area contributed by atoms with Gasteiger partial charge < -0.3 is 33.9 Å². The average molecular weight is 845 g/mol. The molecule has 5 aromatic rings. The number of nitrogens with zero attached hydrogens (tertiary/aromatic N) is 4. The zero-order chi connectivity index (χ0) is 43.2. The van der Waals surface area contributed by atoms with Gasteiger partial charge in [0, 0.05) is 41.8 Å². The van der Waals surface area contributed by atoms with E-state index in [9.17, 15) is 19.5 Å². The fourth-order valence-corrected chi connectivity index (χ4v) is 14.1. The van der Waals surface area contributed by atoms with Gasteiger partial charge in [0.25, 0.3) is 17.0 Å². The van der Waals surface area contributed by atoms with Crippen LogP contribution in [0.15, 0.2) is 113 Å². The molecule has 13 nitrogen and oxygen atoms in total. The quantitative estimate of drug-likeness (QED) is 0.169. The summed E-state index contributed by atoms with van der Waals surface area (Å²) in [5.74, 6) is 0.349. The Kier molecular flexibility index (Phi) is 11.3. The summed E-state index contributed by atoms with van der Waals surface area (Å²) in [6.07, 6.45) is 4.28. The van der Waals surface area contributed by atoms with Gasteiger partial charge in [-0.1, -0.05) is 49.5 Å². The lowest BCUT2D eigenvalue weighted by Gasteiger charge is -2.37. The van der Waals surface area contributed by atoms with E-state index in [-0.39, 0.29) is 65.6 Å². The van der Waals surface area contributed by atoms with Gasteiger partial charge in [0.15, 0.2) is 17.1 Å². The standard InChI is InChI=1S/C47H52N4O9Si/c1-30-43(61(5,6)36-20-18-35(57-2)19-21-36)41(27-42(53)48-23-7-10-34(48)29-52)60-47(30)37-26-33(50-25-9-12-40(59-4)45(50)55)17-22-38(37)51(46(47)56)28-31-13-15-32(16-14-31)49-24-8-11-39(58-3)44(49)54/h8-9,11-22,24-26,30,34,41,43,52H,7,10,23,27-29H2,1-6H3/t30-,34-,41+,43-,47+/m0/s1. The Labute approximate surface area is 355 Å². The third kappa shape index (κ3) is 7.05. The number of anilines is 1. The topological polar surface area (TPSA) is 142 Å². The first-order valence-electron chi connectivity index (χ1n) is 20.7. The van der Waals surface area contributed by atoms with E-state index in [2.05, 4.69) is 32.2 Å². The van der Waals surface area contributed by atoms with Gasteiger partial charge in [-0.2, -0.15) is 0 Å². The molecule has 61 heavy (non-hydrogen) atoms. The molecule has 5 heterocycles. The maximum atomic E-state index is 15.6. The van der Waals surface area contributed by atoms with Crippen LogP contribution in [-0.2, 0) is 26.5 Å². The summed E-state index contributed by atoms with van der Waals surface area (Å²) in [4.78, 5) is 60.1. The maximum Gasteiger partial charge on any atom is 0.297 e. The molecule has 1 N–H and O–H groups in total. The first kappa shape index (κ1) is 41.8. The van der Waals surface area contributed by atoms with Crippen molar-refractivity contribution in [2.24, 2.45) is 5.92 Å². The Morgan fingerprint density at radius 1 is 0.836 bits per heavy atom. The molecule has 2 amide bonds. The van der Waals surface area contributed by atoms with Gasteiger partial charge >= 0.3 is 0 Å². The zero-order valence-corrected chi connectivity index (χ0v) is 36.4. The van der Waals surface area contributed by atoms with Crippen molar-refractivity contribution in [1.29, 1.82) is 0 Å². The number of aromatic nitrogens is 2. The molecule has 0 aliphatic carbocycles. The number of aliphatic hydroxyl groups is 1. The van der Waals surface area contributed by atoms with E-state index < -0.39 is 25.7 Å². The van der Waals surface area contributed by atoms with Crippen molar-refractivity contribution in [1.82, 2.24) is 14.0 Å². The minimum atomic E-state index is -2.61. The Morgan fingerprint density at radius 2 is 1.46 bits per heavy atom. The van der Waals surface area contributed by atoms with Crippen molar-refractivity contribution < 1.29 is 33.6 Å². The molecule has 3 aliphatic rings. The second-order valence-electron chi connectivity index (χ2n) is 16.7. The number of fused-ring (bicyclic) bond motifs is 2. The SMILES string of the molecule is COc1ccc([Si](C)(C)[C@@H]2[C@@H](CC(=O)N3CCC[C@H]3CO)O[C@]3(C(=O)N(Cc4ccc(-n5cccc(OC)c5=O)cc4)c4ccc(-n5cccc(OC)c5=O)cc43)[C@H]2C)cc1. The highest BCUT2D eigenvalue weighted by Crippen LogP contribution is 2.60. The molecule has 318 valence electrons. The number of carbonyl (C=O) groups is 2. The van der Waals surface area contributed by atoms with Crippen LogP contribution in [0, 0.1) is 5.92 Å². The third-order valence-electron chi connectivity index (χ3n) is 13.2. The molecule has 14 heteroatoms. The number of carbonyl (C=O) groups excluding carboxylic acids is 2. The average Bonchev–Trinajstić information content (AvgIpc) is 3.94. The summed E-state index contributed by atoms with van der Waals surface area (Å²) in [6, 6.07) is 27.5. The lowest BCUT2D eigenvalue weighted by atomic mass is 9.82. The number of rotatable bonds is 12. The number of hydrogen-bond donors (Lipinski definition) is 1. The molecule has 0 unspecified atom stereocenters. The van der Waals surface area contributed by atoms with Crippen LogP contribution in [0.25, 0.3) is 11.4 Å². The number of methoxy groups -OCH3 is 3. The number of likely N-dealkylation sites (tertiary alicyclic amines) is 1. The molecule has 8 rings (SSSR count). The number of ether oxygens (including phenoxy) is 4. The van der Waals surface area contributed by atoms with Crippen molar-refractivity contribution in [2.75, 3.05) is 39.4 Å². The molecule has 0 bridgehead atoms. The first-order valence-corrected chi connectivity index (χ1v) is 23.8. The normalized spacial score (nSPS) is 22.2. The van der Waals surface area contributed by atoms with E-state index in [0.717, 1.165) is 29.3 Å². The number of hydrogen-bond acceptors (Lipinski definition) is 9. The Morgan fingerprint density at radius 3 is 2.07 bits per heavy atom. The zero-order valence-electron chi connectivity index (χ0n) is 35.4. The molecular weight excluding hydrogens is 793 g/mol. The summed E-state index contributed by atoms with van der Waals surface area (Å²) in [7, 11) is 1.93. The molecule has 2 aromatic heterocycles. The fourth-order valence-electron chi connectivity index (χ4n) is 10.1. The van der Waals surface area contributed by atoms with Crippen molar-refractivity contribution >= 4 is 30.8 Å². The van der Waals surface area contributed by atoms with E-state index in [1.807, 2.05) is 54.6 Å². The van der Waals surface area contributed by atoms with Crippen LogP contribution in [0.3, 0.4) is 0 Å². The minimum Gasteiger partial charge on any atom is -0.497 e. The van der Waals surface area contributed by atoms with Gasteiger partial charge in [0.1, 0.15) is 5.75 Å². The van der Waals surface area contributed by atoms with Gasteiger partial charge in [-0.15, -0.1) is 0 Å². The number of aliphatic hydroxyl groups excluding tert-OH is 1. The molecule has 1 spiro atoms. The maximum absolute atomic E-state index is 15.6. The van der Waals surface area contributed by atoms with Gasteiger partial charge in [0.05, 0.1) is 66.8 Å². The highest BCUT2D eigenvalue weighted by molar-refractivity contribution is 6.91. The smallest absolute Gasteiger partial charge is 0.297 e. The van der Waals surface area contributed by atoms with Crippen LogP contribution in [-0.4, -0.2) is 85.7 Å². The predicted molar refractivity (Wildman–Crippen MR) is 234 cm³/mol. The van der Waals surface area contributed by atoms with Crippen molar-refractivity contribution in [3.8, 4) is 28.6 Å². The first-order chi connectivity index (χ1) is 29.4. The van der Waals surface area contributed by atoms with Gasteiger partial charge in [-0.3, -0.25) is 28.3 Å². The molecule has 3 aromatic carbocycles. The molecule has 5 atom stereocenters. The van der Waals surface area contributed by atoms with Crippen molar-refractivity contribution in [3.63, 3.8) is 0 Å². The number of benzene rings is 3. The molecular formula is C47H52N4O9Si. The molecule has 3 aliphatic heterocycles. The second kappa shape index (κ2) is 16.5. The van der Waals surface area contributed by atoms with E-state index in [0.29, 0.717) is 29.2 Å². The lowest BCUT2D eigenvalue weighted by Crippen LogP contribution is -2.52. The van der Waals surface area contributed by atoms with Gasteiger partial charge in [-0.25, -0.2) is 0 Å². The Hall–Kier alpha value is -5.96. The summed E-state index contributed by atoms with van der Waals surface area (Å²) in [5, 5.41) is 11.3. The van der Waals surface area contributed by atoms with Crippen LogP contribution in [0.5, 0.6) is 17.2 Å². The third-order valence-corrected chi connectivity index (χ3v) is 17.6. The van der Waals surface area contributed by atoms with Crippen LogP contribution in [0.1, 0.15) is 37.3 Å². The summed E-state index contributed by atoms with van der Waals surface area (Å²) in [6.45, 7) is 7.23. The van der Waals surface area contributed by atoms with Crippen LogP contribution in [0.4, 0.5) is 5.69 Å². The summed E-state index contributed by atoms with van der Waals surface area (Å²) in [5.41, 5.74) is 0.860. The molecule has 2 saturated heterocycles. The van der Waals surface area contributed by atoms with Gasteiger partial charge in [-0.05, 0) is 90.7 Å². The predicted octanol–water partition coefficient (Wildman–Crippen LogP) is 5.15. The fraction of sp³-hybridized carbons (Fsp3) is 0.362. The number of amides is 2. The Balaban J connectivity index is 1.25. The van der Waals surface area contributed by atoms with Crippen LogP contribution in [0.2, 0.25) is 18.6 Å². The summed E-state index contributed by atoms with van der Waals surface area (Å²) < 4.78 is 26.5. The van der Waals surface area contributed by atoms with E-state index in [1.54, 1.807) is 53.6 Å². The van der Waals surface area contributed by atoms with Crippen molar-refractivity contribution in [3.05, 3.63) is 135 Å². The highest BCUT2D eigenvalue weighted by atomic mass is 28.3. The van der Waals surface area contributed by atoms with Crippen molar-refractivity contribution in [2.45, 2.75) is 69.1 Å². The molecule has 0 radical (unpaired) electrons. The monoisotopic (exact) mass is 844 g/mol. The minimum absolute atomic E-state index is 0.0442. The lowest BCUT2D eigenvalue weighted by molar-refractivity contribution is -0.150. The molecule has 2 fully saturated rings. The Bertz CT molecular complexity index is 2570. The van der Waals surface area contributed by atoms with E-state index >= 15 is 4.79 Å². The number of pyridine rings is 2. The van der Waals surface area contributed by atoms with E-state index in [4.69, 9.17) is 18.9 Å². The van der Waals surface area contributed by atoms with Gasteiger partial charge in [0.2, 0.25) is 5.91 Å². The van der Waals surface area contributed by atoms with Crippen LogP contribution >= 0.6 is 0 Å². The molecule has 0 saturated carbocycles. The van der Waals surface area contributed by atoms with E-state index in [1.165, 1.54) is 23.4 Å². The van der Waals surface area contributed by atoms with Crippen LogP contribution < -0.4 is 35.4 Å². The highest BCUT2D eigenvalue weighted by Gasteiger charge is 2.66. The second-order valence-corrected chi connectivity index (χ2v) is 21.4.